The second-order valence-corrected chi connectivity index (χ2v) is 7.40. The van der Waals surface area contributed by atoms with E-state index in [9.17, 15) is 13.0 Å². The zero-order valence-corrected chi connectivity index (χ0v) is 20.0. The second kappa shape index (κ2) is 15.5. The molecular formula is C18H30AlO3SZn. The third kappa shape index (κ3) is 11.8. The SMILES string of the molecule is CCCCCCCCCCCCc1ccccc1S(=O)(=O)O.[Al].[Zn]. The molecule has 0 amide bonds. The van der Waals surface area contributed by atoms with Gasteiger partial charge >= 0.3 is 0 Å². The molecule has 0 aliphatic carbocycles. The fourth-order valence-corrected chi connectivity index (χ4v) is 3.52. The Hall–Kier alpha value is 0.286. The molecule has 0 atom stereocenters. The van der Waals surface area contributed by atoms with Gasteiger partial charge in [-0.05, 0) is 24.5 Å². The Bertz CT molecular complexity index is 521. The number of hydrogen-bond acceptors (Lipinski definition) is 2. The van der Waals surface area contributed by atoms with E-state index < -0.39 is 10.1 Å². The second-order valence-electron chi connectivity index (χ2n) is 6.01. The predicted octanol–water partition coefficient (Wildman–Crippen LogP) is 5.01. The molecule has 0 aliphatic rings. The van der Waals surface area contributed by atoms with Crippen LogP contribution in [0.15, 0.2) is 29.2 Å². The average molecular weight is 419 g/mol. The Balaban J connectivity index is 0. The number of benzene rings is 1. The van der Waals surface area contributed by atoms with Crippen LogP contribution in [0.3, 0.4) is 0 Å². The molecule has 0 unspecified atom stereocenters. The van der Waals surface area contributed by atoms with Crippen LogP contribution in [0.1, 0.15) is 76.7 Å². The van der Waals surface area contributed by atoms with Crippen LogP contribution in [-0.4, -0.2) is 30.3 Å². The van der Waals surface area contributed by atoms with Gasteiger partial charge in [0.1, 0.15) is 0 Å². The molecule has 0 fully saturated rings. The van der Waals surface area contributed by atoms with Gasteiger partial charge in [-0.15, -0.1) is 0 Å². The summed E-state index contributed by atoms with van der Waals surface area (Å²) in [5.74, 6) is 0. The number of aryl methyl sites for hydroxylation is 1. The van der Waals surface area contributed by atoms with E-state index in [1.165, 1.54) is 57.4 Å². The molecule has 1 aromatic rings. The van der Waals surface area contributed by atoms with Crippen molar-refractivity contribution in [3.05, 3.63) is 29.8 Å². The molecule has 0 heterocycles. The minimum Gasteiger partial charge on any atom is -0.282 e. The van der Waals surface area contributed by atoms with Gasteiger partial charge < -0.3 is 0 Å². The van der Waals surface area contributed by atoms with E-state index in [1.54, 1.807) is 12.1 Å². The van der Waals surface area contributed by atoms with Crippen LogP contribution < -0.4 is 0 Å². The summed E-state index contributed by atoms with van der Waals surface area (Å²) in [6.45, 7) is 2.24. The minimum atomic E-state index is -4.10. The summed E-state index contributed by atoms with van der Waals surface area (Å²) in [5, 5.41) is 0. The molecule has 0 aliphatic heterocycles. The fraction of sp³-hybridized carbons (Fsp3) is 0.667. The quantitative estimate of drug-likeness (QED) is 0.295. The van der Waals surface area contributed by atoms with Gasteiger partial charge in [0, 0.05) is 36.8 Å². The summed E-state index contributed by atoms with van der Waals surface area (Å²) in [5.41, 5.74) is 0.726. The van der Waals surface area contributed by atoms with Gasteiger partial charge in [-0.2, -0.15) is 8.42 Å². The van der Waals surface area contributed by atoms with Crippen molar-refractivity contribution >= 4 is 27.5 Å². The summed E-state index contributed by atoms with van der Waals surface area (Å²) in [6.07, 6.45) is 13.3. The first-order chi connectivity index (χ1) is 10.6. The Labute approximate surface area is 171 Å². The maximum absolute atomic E-state index is 11.3. The molecule has 1 aromatic carbocycles. The van der Waals surface area contributed by atoms with E-state index >= 15 is 0 Å². The molecule has 6 heteroatoms. The van der Waals surface area contributed by atoms with Crippen molar-refractivity contribution < 1.29 is 32.4 Å². The van der Waals surface area contributed by atoms with Crippen molar-refractivity contribution in [3.8, 4) is 0 Å². The number of rotatable bonds is 12. The van der Waals surface area contributed by atoms with Crippen molar-refractivity contribution in [1.82, 2.24) is 0 Å². The summed E-state index contributed by atoms with van der Waals surface area (Å²) in [6, 6.07) is 6.73. The molecule has 0 spiro atoms. The fourth-order valence-electron chi connectivity index (χ4n) is 2.76. The van der Waals surface area contributed by atoms with Gasteiger partial charge in [0.2, 0.25) is 0 Å². The van der Waals surface area contributed by atoms with Gasteiger partial charge in [0.25, 0.3) is 10.1 Å². The molecular weight excluding hydrogens is 389 g/mol. The van der Waals surface area contributed by atoms with E-state index in [0.29, 0.717) is 6.42 Å². The Kier molecular flexibility index (Phi) is 17.2. The normalized spacial score (nSPS) is 10.8. The van der Waals surface area contributed by atoms with Crippen LogP contribution in [0.4, 0.5) is 0 Å². The van der Waals surface area contributed by atoms with Crippen molar-refractivity contribution in [1.29, 1.82) is 0 Å². The first-order valence-electron chi connectivity index (χ1n) is 8.61. The number of hydrogen-bond donors (Lipinski definition) is 1. The summed E-state index contributed by atoms with van der Waals surface area (Å²) in [4.78, 5) is 0.0610. The summed E-state index contributed by atoms with van der Waals surface area (Å²) in [7, 11) is -4.10. The molecule has 0 bridgehead atoms. The van der Waals surface area contributed by atoms with Gasteiger partial charge in [0.15, 0.2) is 0 Å². The molecule has 131 valence electrons. The zero-order valence-electron chi connectivity index (χ0n) is 15.0. The van der Waals surface area contributed by atoms with Crippen LogP contribution in [-0.2, 0) is 36.0 Å². The molecule has 0 saturated heterocycles. The van der Waals surface area contributed by atoms with E-state index in [1.807, 2.05) is 6.07 Å². The van der Waals surface area contributed by atoms with Crippen molar-refractivity contribution in [2.45, 2.75) is 82.4 Å². The Morgan fingerprint density at radius 2 is 1.29 bits per heavy atom. The molecule has 1 rings (SSSR count). The average Bonchev–Trinajstić information content (AvgIpc) is 2.48. The Morgan fingerprint density at radius 3 is 1.79 bits per heavy atom. The molecule has 3 radical (unpaired) electrons. The van der Waals surface area contributed by atoms with Gasteiger partial charge in [-0.25, -0.2) is 0 Å². The summed E-state index contributed by atoms with van der Waals surface area (Å²) < 4.78 is 31.8. The van der Waals surface area contributed by atoms with Crippen LogP contribution in [0.5, 0.6) is 0 Å². The minimum absolute atomic E-state index is 0. The van der Waals surface area contributed by atoms with E-state index in [0.717, 1.165) is 18.4 Å². The van der Waals surface area contributed by atoms with E-state index in [4.69, 9.17) is 0 Å². The number of unbranched alkanes of at least 4 members (excludes halogenated alkanes) is 9. The summed E-state index contributed by atoms with van der Waals surface area (Å²) >= 11 is 0. The molecule has 3 nitrogen and oxygen atoms in total. The molecule has 0 aromatic heterocycles. The Morgan fingerprint density at radius 1 is 0.833 bits per heavy atom. The van der Waals surface area contributed by atoms with Crippen LogP contribution in [0.2, 0.25) is 0 Å². The topological polar surface area (TPSA) is 54.4 Å². The monoisotopic (exact) mass is 417 g/mol. The van der Waals surface area contributed by atoms with Crippen molar-refractivity contribution in [2.24, 2.45) is 0 Å². The van der Waals surface area contributed by atoms with Crippen molar-refractivity contribution in [3.63, 3.8) is 0 Å². The maximum Gasteiger partial charge on any atom is 0.294 e. The van der Waals surface area contributed by atoms with Gasteiger partial charge in [-0.3, -0.25) is 4.55 Å². The standard InChI is InChI=1S/C18H30O3S.Al.Zn/c1-2-3-4-5-6-7-8-9-10-11-14-17-15-12-13-16-18(17)22(19,20)21;;/h12-13,15-16H,2-11,14H2,1H3,(H,19,20,21);;. The zero-order chi connectivity index (χ0) is 16.3. The predicted molar refractivity (Wildman–Crippen MR) is 97.6 cm³/mol. The van der Waals surface area contributed by atoms with Crippen LogP contribution >= 0.6 is 0 Å². The van der Waals surface area contributed by atoms with Crippen molar-refractivity contribution in [2.75, 3.05) is 0 Å². The first kappa shape index (κ1) is 26.5. The largest absolute Gasteiger partial charge is 0.294 e. The molecule has 1 N–H and O–H groups in total. The van der Waals surface area contributed by atoms with E-state index in [-0.39, 0.29) is 41.7 Å². The molecule has 24 heavy (non-hydrogen) atoms. The molecule has 0 saturated carbocycles. The smallest absolute Gasteiger partial charge is 0.282 e. The maximum atomic E-state index is 11.3. The third-order valence-corrected chi connectivity index (χ3v) is 5.00. The van der Waals surface area contributed by atoms with E-state index in [2.05, 4.69) is 6.92 Å². The van der Waals surface area contributed by atoms with Crippen LogP contribution in [0, 0.1) is 0 Å². The third-order valence-electron chi connectivity index (χ3n) is 4.05. The van der Waals surface area contributed by atoms with Gasteiger partial charge in [0.05, 0.1) is 4.90 Å². The van der Waals surface area contributed by atoms with Crippen LogP contribution in [0.25, 0.3) is 0 Å². The first-order valence-corrected chi connectivity index (χ1v) is 10.0. The van der Waals surface area contributed by atoms with Gasteiger partial charge in [-0.1, -0.05) is 82.9 Å².